The van der Waals surface area contributed by atoms with Gasteiger partial charge in [0.05, 0.1) is 31.7 Å². The Balaban J connectivity index is 1.75. The molecule has 6 nitrogen and oxygen atoms in total. The van der Waals surface area contributed by atoms with Crippen molar-refractivity contribution in [3.8, 4) is 11.5 Å². The van der Waals surface area contributed by atoms with Gasteiger partial charge in [0, 0.05) is 5.56 Å². The highest BCUT2D eigenvalue weighted by molar-refractivity contribution is 5.77. The van der Waals surface area contributed by atoms with Gasteiger partial charge in [0.1, 0.15) is 13.1 Å². The van der Waals surface area contributed by atoms with E-state index in [0.29, 0.717) is 24.4 Å². The zero-order chi connectivity index (χ0) is 18.5. The Kier molecular flexibility index (Phi) is 5.53. The first-order valence-electron chi connectivity index (χ1n) is 8.69. The Hall–Kier alpha value is -2.86. The molecule has 0 aliphatic heterocycles. The third-order valence-corrected chi connectivity index (χ3v) is 4.16. The molecule has 2 N–H and O–H groups in total. The van der Waals surface area contributed by atoms with E-state index in [1.54, 1.807) is 13.2 Å². The molecule has 1 aromatic heterocycles. The number of aromatic nitrogens is 2. The van der Waals surface area contributed by atoms with Gasteiger partial charge in [-0.15, -0.1) is 0 Å². The van der Waals surface area contributed by atoms with E-state index in [0.717, 1.165) is 29.1 Å². The van der Waals surface area contributed by atoms with Gasteiger partial charge in [-0.1, -0.05) is 12.1 Å². The van der Waals surface area contributed by atoms with E-state index in [2.05, 4.69) is 17.0 Å². The molecule has 0 saturated heterocycles. The van der Waals surface area contributed by atoms with Crippen LogP contribution in [0.1, 0.15) is 18.3 Å². The lowest BCUT2D eigenvalue weighted by atomic mass is 10.2. The van der Waals surface area contributed by atoms with Crippen LogP contribution in [0.3, 0.4) is 0 Å². The number of ether oxygens (including phenoxy) is 2. The maximum atomic E-state index is 12.2. The lowest BCUT2D eigenvalue weighted by Crippen LogP contribution is -3.06. The van der Waals surface area contributed by atoms with Crippen LogP contribution in [-0.4, -0.2) is 30.7 Å². The van der Waals surface area contributed by atoms with Crippen molar-refractivity contribution in [1.82, 2.24) is 9.97 Å². The molecular formula is C20H24N3O3+. The molecule has 0 amide bonds. The fourth-order valence-electron chi connectivity index (χ4n) is 3.01. The number of para-hydroxylation sites is 1. The monoisotopic (exact) mass is 354 g/mol. The van der Waals surface area contributed by atoms with Crippen LogP contribution in [0.15, 0.2) is 47.3 Å². The van der Waals surface area contributed by atoms with Gasteiger partial charge in [0.15, 0.2) is 17.3 Å². The summed E-state index contributed by atoms with van der Waals surface area (Å²) in [7, 11) is 3.71. The number of aromatic amines is 1. The van der Waals surface area contributed by atoms with E-state index < -0.39 is 0 Å². The van der Waals surface area contributed by atoms with Crippen LogP contribution in [0.5, 0.6) is 11.5 Å². The molecular weight excluding hydrogens is 330 g/mol. The highest BCUT2D eigenvalue weighted by Gasteiger charge is 2.12. The molecule has 3 aromatic rings. The molecule has 0 aliphatic rings. The fraction of sp³-hybridized carbons (Fsp3) is 0.300. The second-order valence-corrected chi connectivity index (χ2v) is 6.26. The van der Waals surface area contributed by atoms with E-state index in [9.17, 15) is 4.79 Å². The zero-order valence-corrected chi connectivity index (χ0v) is 15.3. The van der Waals surface area contributed by atoms with Crippen molar-refractivity contribution < 1.29 is 14.4 Å². The predicted octanol–water partition coefficient (Wildman–Crippen LogP) is 1.55. The van der Waals surface area contributed by atoms with Crippen LogP contribution in [-0.2, 0) is 13.1 Å². The summed E-state index contributed by atoms with van der Waals surface area (Å²) in [6.07, 6.45) is 0. The molecule has 2 aromatic carbocycles. The summed E-state index contributed by atoms with van der Waals surface area (Å²) in [6, 6.07) is 13.3. The van der Waals surface area contributed by atoms with Crippen molar-refractivity contribution in [3.05, 3.63) is 64.2 Å². The normalized spacial score (nSPS) is 12.1. The maximum absolute atomic E-state index is 12.2. The number of H-pyrrole nitrogens is 1. The number of fused-ring (bicyclic) bond motifs is 1. The number of rotatable bonds is 7. The van der Waals surface area contributed by atoms with E-state index in [1.165, 1.54) is 4.90 Å². The number of nitrogens with zero attached hydrogens (tertiary/aromatic N) is 1. The van der Waals surface area contributed by atoms with Crippen LogP contribution >= 0.6 is 0 Å². The summed E-state index contributed by atoms with van der Waals surface area (Å²) in [5.74, 6) is 2.16. The van der Waals surface area contributed by atoms with Gasteiger partial charge >= 0.3 is 0 Å². The van der Waals surface area contributed by atoms with Gasteiger partial charge in [0.2, 0.25) is 0 Å². The number of nitrogens with one attached hydrogen (secondary N) is 2. The average Bonchev–Trinajstić information content (AvgIpc) is 2.63. The summed E-state index contributed by atoms with van der Waals surface area (Å²) in [5, 5.41) is 0.616. The van der Waals surface area contributed by atoms with E-state index in [4.69, 9.17) is 9.47 Å². The average molecular weight is 354 g/mol. The number of benzene rings is 2. The Morgan fingerprint density at radius 3 is 2.69 bits per heavy atom. The molecule has 6 heteroatoms. The number of quaternary nitrogens is 1. The van der Waals surface area contributed by atoms with Gasteiger partial charge in [-0.2, -0.15) is 0 Å². The zero-order valence-electron chi connectivity index (χ0n) is 15.3. The smallest absolute Gasteiger partial charge is 0.258 e. The van der Waals surface area contributed by atoms with Crippen molar-refractivity contribution >= 4 is 10.9 Å². The first-order valence-corrected chi connectivity index (χ1v) is 8.69. The molecule has 1 atom stereocenters. The summed E-state index contributed by atoms with van der Waals surface area (Å²) in [6.45, 7) is 3.94. The third kappa shape index (κ3) is 4.03. The topological polar surface area (TPSA) is 68.7 Å². The van der Waals surface area contributed by atoms with Crippen LogP contribution in [0.2, 0.25) is 0 Å². The van der Waals surface area contributed by atoms with Crippen molar-refractivity contribution in [1.29, 1.82) is 0 Å². The van der Waals surface area contributed by atoms with Crippen LogP contribution in [0, 0.1) is 0 Å². The molecule has 0 aliphatic carbocycles. The summed E-state index contributed by atoms with van der Waals surface area (Å²) < 4.78 is 11.0. The number of methoxy groups -OCH3 is 1. The minimum atomic E-state index is -0.0962. The first-order chi connectivity index (χ1) is 12.6. The SMILES string of the molecule is CCOc1ccc(C[NH+](C)Cc2nc3ccccc3c(=O)[nH]2)cc1OC. The molecule has 3 rings (SSSR count). The first kappa shape index (κ1) is 17.9. The van der Waals surface area contributed by atoms with Crippen molar-refractivity contribution in [2.75, 3.05) is 20.8 Å². The number of hydrogen-bond acceptors (Lipinski definition) is 4. The van der Waals surface area contributed by atoms with Gasteiger partial charge in [0.25, 0.3) is 5.56 Å². The Morgan fingerprint density at radius 1 is 1.12 bits per heavy atom. The second kappa shape index (κ2) is 8.01. The maximum Gasteiger partial charge on any atom is 0.258 e. The molecule has 0 radical (unpaired) electrons. The molecule has 0 bridgehead atoms. The lowest BCUT2D eigenvalue weighted by Gasteiger charge is -2.15. The van der Waals surface area contributed by atoms with Crippen molar-refractivity contribution in [2.45, 2.75) is 20.0 Å². The summed E-state index contributed by atoms with van der Waals surface area (Å²) >= 11 is 0. The Labute approximate surface area is 152 Å². The van der Waals surface area contributed by atoms with E-state index in [-0.39, 0.29) is 5.56 Å². The van der Waals surface area contributed by atoms with Gasteiger partial charge in [-0.25, -0.2) is 4.98 Å². The van der Waals surface area contributed by atoms with E-state index in [1.807, 2.05) is 43.3 Å². The number of hydrogen-bond donors (Lipinski definition) is 2. The Bertz CT molecular complexity index is 952. The van der Waals surface area contributed by atoms with Crippen molar-refractivity contribution in [3.63, 3.8) is 0 Å². The largest absolute Gasteiger partial charge is 0.493 e. The molecule has 0 spiro atoms. The molecule has 0 fully saturated rings. The minimum absolute atomic E-state index is 0.0962. The summed E-state index contributed by atoms with van der Waals surface area (Å²) in [5.41, 5.74) is 1.76. The van der Waals surface area contributed by atoms with Crippen molar-refractivity contribution in [2.24, 2.45) is 0 Å². The molecule has 1 heterocycles. The predicted molar refractivity (Wildman–Crippen MR) is 101 cm³/mol. The van der Waals surface area contributed by atoms with Gasteiger partial charge in [-0.05, 0) is 37.3 Å². The standard InChI is InChI=1S/C20H23N3O3/c1-4-26-17-10-9-14(11-18(17)25-3)12-23(2)13-19-21-16-8-6-5-7-15(16)20(24)22-19/h5-11H,4,12-13H2,1-3H3,(H,21,22,24)/p+1. The molecule has 0 saturated carbocycles. The third-order valence-electron chi connectivity index (χ3n) is 4.16. The van der Waals surface area contributed by atoms with Crippen LogP contribution in [0.4, 0.5) is 0 Å². The molecule has 136 valence electrons. The van der Waals surface area contributed by atoms with Gasteiger partial charge in [-0.3, -0.25) is 4.79 Å². The fourth-order valence-corrected chi connectivity index (χ4v) is 3.01. The minimum Gasteiger partial charge on any atom is -0.493 e. The van der Waals surface area contributed by atoms with Crippen LogP contribution in [0.25, 0.3) is 10.9 Å². The lowest BCUT2D eigenvalue weighted by molar-refractivity contribution is -0.908. The summed E-state index contributed by atoms with van der Waals surface area (Å²) in [4.78, 5) is 20.8. The highest BCUT2D eigenvalue weighted by Crippen LogP contribution is 2.27. The Morgan fingerprint density at radius 2 is 1.92 bits per heavy atom. The molecule has 26 heavy (non-hydrogen) atoms. The molecule has 1 unspecified atom stereocenters. The second-order valence-electron chi connectivity index (χ2n) is 6.26. The van der Waals surface area contributed by atoms with E-state index >= 15 is 0 Å². The van der Waals surface area contributed by atoms with Crippen LogP contribution < -0.4 is 19.9 Å². The van der Waals surface area contributed by atoms with Gasteiger partial charge < -0.3 is 19.4 Å². The quantitative estimate of drug-likeness (QED) is 0.675. The highest BCUT2D eigenvalue weighted by atomic mass is 16.5.